The molecule has 2 heterocycles. The van der Waals surface area contributed by atoms with E-state index in [2.05, 4.69) is 15.5 Å². The second kappa shape index (κ2) is 7.65. The Morgan fingerprint density at radius 1 is 1.13 bits per heavy atom. The summed E-state index contributed by atoms with van der Waals surface area (Å²) in [5, 5.41) is 7.01. The highest BCUT2D eigenvalue weighted by atomic mass is 16.5. The molecule has 0 bridgehead atoms. The Labute approximate surface area is 180 Å². The molecule has 5 rings (SSSR count). The van der Waals surface area contributed by atoms with E-state index in [1.165, 1.54) is 5.56 Å². The van der Waals surface area contributed by atoms with Crippen molar-refractivity contribution in [1.29, 1.82) is 0 Å². The van der Waals surface area contributed by atoms with Crippen LogP contribution in [0.25, 0.3) is 11.4 Å². The number of hydrogen-bond acceptors (Lipinski definition) is 5. The summed E-state index contributed by atoms with van der Waals surface area (Å²) >= 11 is 0. The zero-order valence-corrected chi connectivity index (χ0v) is 17.6. The summed E-state index contributed by atoms with van der Waals surface area (Å²) < 4.78 is 5.34. The minimum Gasteiger partial charge on any atom is -0.339 e. The van der Waals surface area contributed by atoms with Gasteiger partial charge in [0.25, 0.3) is 0 Å². The number of amides is 2. The molecule has 2 aliphatic rings. The maximum atomic E-state index is 12.9. The van der Waals surface area contributed by atoms with Crippen LogP contribution in [0.3, 0.4) is 0 Å². The number of nitrogens with zero attached hydrogens (tertiary/aromatic N) is 3. The molecule has 0 radical (unpaired) electrons. The van der Waals surface area contributed by atoms with Gasteiger partial charge in [0.1, 0.15) is 0 Å². The third-order valence-electron chi connectivity index (χ3n) is 6.05. The summed E-state index contributed by atoms with van der Waals surface area (Å²) in [5.74, 6) is 1.00. The van der Waals surface area contributed by atoms with Gasteiger partial charge in [-0.15, -0.1) is 0 Å². The standard InChI is InChI=1S/C24H24N4O3/c1-14-6-9-20(10-15(14)2)28-13-18(12-21(28)29)23(30)25-19-5-3-4-17(11-19)22-26-24(31-27-22)16-7-8-16/h3-6,9-11,16,18H,7-8,12-13H2,1-2H3,(H,25,30)/t18-/m0/s1. The van der Waals surface area contributed by atoms with Crippen molar-refractivity contribution in [1.82, 2.24) is 10.1 Å². The van der Waals surface area contributed by atoms with Gasteiger partial charge in [0.2, 0.25) is 23.5 Å². The lowest BCUT2D eigenvalue weighted by atomic mass is 10.1. The molecule has 1 atom stereocenters. The number of anilines is 2. The molecule has 2 aromatic carbocycles. The molecular weight excluding hydrogens is 392 g/mol. The normalized spacial score (nSPS) is 18.5. The molecule has 7 nitrogen and oxygen atoms in total. The SMILES string of the molecule is Cc1ccc(N2C[C@@H](C(=O)Nc3cccc(-c4noc(C5CC5)n4)c3)CC2=O)cc1C. The van der Waals surface area contributed by atoms with Crippen LogP contribution < -0.4 is 10.2 Å². The fourth-order valence-electron chi connectivity index (χ4n) is 3.86. The molecule has 158 valence electrons. The van der Waals surface area contributed by atoms with Crippen LogP contribution in [0.2, 0.25) is 0 Å². The van der Waals surface area contributed by atoms with Crippen LogP contribution in [0, 0.1) is 19.8 Å². The largest absolute Gasteiger partial charge is 0.339 e. The molecule has 0 unspecified atom stereocenters. The zero-order chi connectivity index (χ0) is 21.5. The van der Waals surface area contributed by atoms with E-state index >= 15 is 0 Å². The first kappa shape index (κ1) is 19.5. The quantitative estimate of drug-likeness (QED) is 0.673. The topological polar surface area (TPSA) is 88.3 Å². The zero-order valence-electron chi connectivity index (χ0n) is 17.6. The molecule has 7 heteroatoms. The number of rotatable bonds is 5. The van der Waals surface area contributed by atoms with E-state index in [-0.39, 0.29) is 18.2 Å². The average Bonchev–Trinajstić information content (AvgIpc) is 3.35. The van der Waals surface area contributed by atoms with Gasteiger partial charge in [0.15, 0.2) is 0 Å². The summed E-state index contributed by atoms with van der Waals surface area (Å²) in [6.45, 7) is 4.44. The Bertz CT molecular complexity index is 1170. The lowest BCUT2D eigenvalue weighted by Crippen LogP contribution is -2.28. The molecule has 1 N–H and O–H groups in total. The van der Waals surface area contributed by atoms with Gasteiger partial charge in [-0.05, 0) is 62.1 Å². The average molecular weight is 416 g/mol. The molecule has 1 aliphatic heterocycles. The van der Waals surface area contributed by atoms with Crippen molar-refractivity contribution in [2.75, 3.05) is 16.8 Å². The van der Waals surface area contributed by atoms with Gasteiger partial charge < -0.3 is 14.7 Å². The molecule has 31 heavy (non-hydrogen) atoms. The maximum absolute atomic E-state index is 12.9. The molecule has 3 aromatic rings. The molecule has 1 saturated carbocycles. The van der Waals surface area contributed by atoms with Gasteiger partial charge in [0.05, 0.1) is 5.92 Å². The number of carbonyl (C=O) groups is 2. The Morgan fingerprint density at radius 2 is 1.97 bits per heavy atom. The summed E-state index contributed by atoms with van der Waals surface area (Å²) in [6, 6.07) is 13.3. The second-order valence-electron chi connectivity index (χ2n) is 8.47. The Kier molecular flexibility index (Phi) is 4.81. The highest BCUT2D eigenvalue weighted by Gasteiger charge is 2.35. The Balaban J connectivity index is 1.28. The number of nitrogens with one attached hydrogen (secondary N) is 1. The fourth-order valence-corrected chi connectivity index (χ4v) is 3.86. The van der Waals surface area contributed by atoms with Crippen molar-refractivity contribution in [2.45, 2.75) is 39.0 Å². The van der Waals surface area contributed by atoms with E-state index in [1.54, 1.807) is 4.90 Å². The summed E-state index contributed by atoms with van der Waals surface area (Å²) in [6.07, 6.45) is 2.39. The van der Waals surface area contributed by atoms with E-state index in [0.717, 1.165) is 29.7 Å². The Hall–Kier alpha value is -3.48. The predicted molar refractivity (Wildman–Crippen MR) is 117 cm³/mol. The van der Waals surface area contributed by atoms with E-state index < -0.39 is 5.92 Å². The first-order valence-corrected chi connectivity index (χ1v) is 10.6. The number of aromatic nitrogens is 2. The van der Waals surface area contributed by atoms with Crippen LogP contribution in [-0.4, -0.2) is 28.5 Å². The van der Waals surface area contributed by atoms with Crippen molar-refractivity contribution in [2.24, 2.45) is 5.92 Å². The van der Waals surface area contributed by atoms with E-state index in [9.17, 15) is 9.59 Å². The van der Waals surface area contributed by atoms with Crippen LogP contribution >= 0.6 is 0 Å². The minimum absolute atomic E-state index is 0.0310. The van der Waals surface area contributed by atoms with Gasteiger partial charge in [-0.1, -0.05) is 23.4 Å². The van der Waals surface area contributed by atoms with E-state index in [4.69, 9.17) is 4.52 Å². The second-order valence-corrected chi connectivity index (χ2v) is 8.47. The highest BCUT2D eigenvalue weighted by molar-refractivity contribution is 6.03. The van der Waals surface area contributed by atoms with Crippen LogP contribution in [0.5, 0.6) is 0 Å². The molecular formula is C24H24N4O3. The number of hydrogen-bond donors (Lipinski definition) is 1. The third kappa shape index (κ3) is 3.95. The summed E-state index contributed by atoms with van der Waals surface area (Å²) in [4.78, 5) is 31.6. The Morgan fingerprint density at radius 3 is 2.74 bits per heavy atom. The number of carbonyl (C=O) groups excluding carboxylic acids is 2. The van der Waals surface area contributed by atoms with Crippen molar-refractivity contribution in [3.8, 4) is 11.4 Å². The summed E-state index contributed by atoms with van der Waals surface area (Å²) in [7, 11) is 0. The summed E-state index contributed by atoms with van der Waals surface area (Å²) in [5.41, 5.74) is 4.58. The van der Waals surface area contributed by atoms with Crippen LogP contribution in [0.4, 0.5) is 11.4 Å². The van der Waals surface area contributed by atoms with E-state index in [0.29, 0.717) is 29.9 Å². The van der Waals surface area contributed by atoms with Crippen molar-refractivity contribution >= 4 is 23.2 Å². The molecule has 1 saturated heterocycles. The molecule has 2 fully saturated rings. The highest BCUT2D eigenvalue weighted by Crippen LogP contribution is 2.39. The van der Waals surface area contributed by atoms with Crippen molar-refractivity contribution < 1.29 is 14.1 Å². The van der Waals surface area contributed by atoms with Crippen LogP contribution in [0.1, 0.15) is 42.2 Å². The van der Waals surface area contributed by atoms with Crippen molar-refractivity contribution in [3.63, 3.8) is 0 Å². The van der Waals surface area contributed by atoms with Gasteiger partial charge in [-0.2, -0.15) is 4.98 Å². The molecule has 1 aromatic heterocycles. The number of aryl methyl sites for hydroxylation is 2. The predicted octanol–water partition coefficient (Wildman–Crippen LogP) is 4.22. The van der Waals surface area contributed by atoms with Crippen molar-refractivity contribution in [3.05, 3.63) is 59.5 Å². The third-order valence-corrected chi connectivity index (χ3v) is 6.05. The van der Waals surface area contributed by atoms with Gasteiger partial charge in [-0.3, -0.25) is 9.59 Å². The molecule has 1 aliphatic carbocycles. The first-order valence-electron chi connectivity index (χ1n) is 10.6. The smallest absolute Gasteiger partial charge is 0.230 e. The van der Waals surface area contributed by atoms with Crippen LogP contribution in [-0.2, 0) is 9.59 Å². The lowest BCUT2D eigenvalue weighted by Gasteiger charge is -2.18. The van der Waals surface area contributed by atoms with Gasteiger partial charge >= 0.3 is 0 Å². The minimum atomic E-state index is -0.399. The first-order chi connectivity index (χ1) is 15.0. The lowest BCUT2D eigenvalue weighted by molar-refractivity contribution is -0.122. The molecule has 2 amide bonds. The van der Waals surface area contributed by atoms with Crippen LogP contribution in [0.15, 0.2) is 47.0 Å². The van der Waals surface area contributed by atoms with Gasteiger partial charge in [0, 0.05) is 35.8 Å². The fraction of sp³-hybridized carbons (Fsp3) is 0.333. The van der Waals surface area contributed by atoms with Gasteiger partial charge in [-0.25, -0.2) is 0 Å². The monoisotopic (exact) mass is 416 g/mol. The number of benzene rings is 2. The van der Waals surface area contributed by atoms with E-state index in [1.807, 2.05) is 56.3 Å². The molecule has 0 spiro atoms. The maximum Gasteiger partial charge on any atom is 0.230 e.